The summed E-state index contributed by atoms with van der Waals surface area (Å²) in [5.74, 6) is -0.612. The van der Waals surface area contributed by atoms with Gasteiger partial charge in [0.05, 0.1) is 4.92 Å². The average Bonchev–Trinajstić information content (AvgIpc) is 2.46. The summed E-state index contributed by atoms with van der Waals surface area (Å²) in [6, 6.07) is 7.16. The number of fused-ring (bicyclic) bond motifs is 2. The molecule has 0 fully saturated rings. The van der Waals surface area contributed by atoms with E-state index in [1.165, 1.54) is 12.2 Å². The molecule has 1 atom stereocenters. The van der Waals surface area contributed by atoms with Crippen molar-refractivity contribution in [3.63, 3.8) is 0 Å². The van der Waals surface area contributed by atoms with E-state index >= 15 is 0 Å². The number of carboxylic acids is 1. The predicted octanol–water partition coefficient (Wildman–Crippen LogP) is 0.549. The van der Waals surface area contributed by atoms with Gasteiger partial charge in [-0.2, -0.15) is 0 Å². The zero-order valence-corrected chi connectivity index (χ0v) is 10.9. The summed E-state index contributed by atoms with van der Waals surface area (Å²) in [5, 5.41) is 21.3. The molecule has 6 heteroatoms. The summed E-state index contributed by atoms with van der Waals surface area (Å²) in [6.45, 7) is 0. The Morgan fingerprint density at radius 2 is 2.05 bits per heavy atom. The fourth-order valence-electron chi connectivity index (χ4n) is 2.50. The van der Waals surface area contributed by atoms with Gasteiger partial charge in [0.15, 0.2) is 0 Å². The number of carbonyl (C=O) groups is 1. The van der Waals surface area contributed by atoms with Gasteiger partial charge in [-0.3, -0.25) is 14.9 Å². The molecule has 0 amide bonds. The highest BCUT2D eigenvalue weighted by molar-refractivity contribution is 5.78. The Balaban J connectivity index is 2.28. The van der Waals surface area contributed by atoms with Crippen LogP contribution in [0.5, 0.6) is 0 Å². The summed E-state index contributed by atoms with van der Waals surface area (Å²) >= 11 is 0. The van der Waals surface area contributed by atoms with Gasteiger partial charge in [0.25, 0.3) is 5.70 Å². The van der Waals surface area contributed by atoms with Crippen molar-refractivity contribution in [1.82, 2.24) is 0 Å². The van der Waals surface area contributed by atoms with Gasteiger partial charge in [0.1, 0.15) is 18.3 Å². The first-order chi connectivity index (χ1) is 10.1. The lowest BCUT2D eigenvalue weighted by atomic mass is 9.96. The van der Waals surface area contributed by atoms with Crippen LogP contribution in [0.25, 0.3) is 11.3 Å². The van der Waals surface area contributed by atoms with Crippen molar-refractivity contribution in [2.45, 2.75) is 12.5 Å². The van der Waals surface area contributed by atoms with Crippen molar-refractivity contribution in [1.29, 1.82) is 0 Å². The molecule has 1 heterocycles. The maximum atomic E-state index is 11.0. The molecule has 3 rings (SSSR count). The smallest absolute Gasteiger partial charge is 0.311 e. The second-order valence-electron chi connectivity index (χ2n) is 4.72. The van der Waals surface area contributed by atoms with Crippen LogP contribution in [0.2, 0.25) is 0 Å². The molecule has 0 saturated heterocycles. The summed E-state index contributed by atoms with van der Waals surface area (Å²) in [5.41, 5.74) is 0.662. The van der Waals surface area contributed by atoms with Crippen LogP contribution in [0.1, 0.15) is 6.42 Å². The Bertz CT molecular complexity index is 819. The van der Waals surface area contributed by atoms with Gasteiger partial charge in [0.2, 0.25) is 0 Å². The molecule has 0 spiro atoms. The average molecular weight is 285 g/mol. The second kappa shape index (κ2) is 4.90. The molecular formula is C15H11NO5. The van der Waals surface area contributed by atoms with Gasteiger partial charge in [-0.05, 0) is 11.3 Å². The zero-order valence-electron chi connectivity index (χ0n) is 10.9. The van der Waals surface area contributed by atoms with Crippen molar-refractivity contribution in [3.8, 4) is 0 Å². The summed E-state index contributed by atoms with van der Waals surface area (Å²) in [4.78, 5) is 21.4. The number of nitro groups is 1. The lowest BCUT2D eigenvalue weighted by molar-refractivity contribution is -0.419. The Hall–Kier alpha value is -2.89. The van der Waals surface area contributed by atoms with Crippen molar-refractivity contribution in [3.05, 3.63) is 68.7 Å². The van der Waals surface area contributed by atoms with E-state index in [1.54, 1.807) is 18.2 Å². The van der Waals surface area contributed by atoms with Crippen molar-refractivity contribution >= 4 is 17.3 Å². The van der Waals surface area contributed by atoms with Crippen molar-refractivity contribution in [2.75, 3.05) is 0 Å². The molecular weight excluding hydrogens is 274 g/mol. The Labute approximate surface area is 119 Å². The van der Waals surface area contributed by atoms with E-state index in [-0.39, 0.29) is 12.1 Å². The first kappa shape index (κ1) is 13.1. The van der Waals surface area contributed by atoms with E-state index < -0.39 is 17.0 Å². The minimum Gasteiger partial charge on any atom is -0.485 e. The maximum Gasteiger partial charge on any atom is 0.311 e. The van der Waals surface area contributed by atoms with E-state index in [9.17, 15) is 14.9 Å². The molecule has 106 valence electrons. The lowest BCUT2D eigenvalue weighted by Crippen LogP contribution is -2.39. The summed E-state index contributed by atoms with van der Waals surface area (Å²) < 4.78 is 5.70. The molecule has 0 radical (unpaired) electrons. The summed E-state index contributed by atoms with van der Waals surface area (Å²) in [6.07, 6.45) is 3.71. The lowest BCUT2D eigenvalue weighted by Gasteiger charge is -2.24. The second-order valence-corrected chi connectivity index (χ2v) is 4.72. The molecule has 6 nitrogen and oxygen atoms in total. The van der Waals surface area contributed by atoms with Crippen molar-refractivity contribution < 1.29 is 19.6 Å². The SMILES string of the molecule is O=C(O)CC1=c2ccccc2=C2C=C([N+](=O)[O-])C=CC2O1. The standard InChI is InChI=1S/C15H11NO5/c17-15(18)8-14-11-4-2-1-3-10(11)12-7-9(16(19)20)5-6-13(12)21-14/h1-7,13H,8H2,(H,17,18). The van der Waals surface area contributed by atoms with E-state index in [2.05, 4.69) is 0 Å². The van der Waals surface area contributed by atoms with E-state index in [4.69, 9.17) is 9.84 Å². The van der Waals surface area contributed by atoms with Crippen LogP contribution in [0.3, 0.4) is 0 Å². The minimum absolute atomic E-state index is 0.0127. The number of allylic oxidation sites excluding steroid dienone is 1. The number of rotatable bonds is 3. The maximum absolute atomic E-state index is 11.0. The molecule has 0 bridgehead atoms. The first-order valence-corrected chi connectivity index (χ1v) is 6.31. The van der Waals surface area contributed by atoms with Gasteiger partial charge in [-0.15, -0.1) is 0 Å². The monoisotopic (exact) mass is 285 g/mol. The molecule has 1 aliphatic carbocycles. The van der Waals surface area contributed by atoms with Crippen LogP contribution in [0.15, 0.2) is 48.2 Å². The van der Waals surface area contributed by atoms with Gasteiger partial charge < -0.3 is 9.84 Å². The van der Waals surface area contributed by atoms with Gasteiger partial charge >= 0.3 is 5.97 Å². The third kappa shape index (κ3) is 2.31. The number of benzene rings is 1. The van der Waals surface area contributed by atoms with Crippen LogP contribution >= 0.6 is 0 Å². The summed E-state index contributed by atoms with van der Waals surface area (Å²) in [7, 11) is 0. The molecule has 1 unspecified atom stereocenters. The number of aliphatic carboxylic acids is 1. The largest absolute Gasteiger partial charge is 0.485 e. The molecule has 2 aliphatic rings. The predicted molar refractivity (Wildman–Crippen MR) is 73.9 cm³/mol. The van der Waals surface area contributed by atoms with Crippen LogP contribution in [-0.4, -0.2) is 22.1 Å². The van der Waals surface area contributed by atoms with Crippen molar-refractivity contribution in [2.24, 2.45) is 0 Å². The Morgan fingerprint density at radius 1 is 1.33 bits per heavy atom. The zero-order chi connectivity index (χ0) is 15.0. The van der Waals surface area contributed by atoms with Gasteiger partial charge in [0, 0.05) is 22.9 Å². The number of nitrogens with zero attached hydrogens (tertiary/aromatic N) is 1. The molecule has 21 heavy (non-hydrogen) atoms. The number of carboxylic acid groups (broad SMARTS) is 1. The highest BCUT2D eigenvalue weighted by Gasteiger charge is 2.26. The van der Waals surface area contributed by atoms with Crippen LogP contribution in [0, 0.1) is 10.1 Å². The van der Waals surface area contributed by atoms with Gasteiger partial charge in [-0.1, -0.05) is 24.3 Å². The highest BCUT2D eigenvalue weighted by atomic mass is 16.6. The van der Waals surface area contributed by atoms with Crippen LogP contribution in [0.4, 0.5) is 0 Å². The highest BCUT2D eigenvalue weighted by Crippen LogP contribution is 2.24. The molecule has 1 aliphatic heterocycles. The Morgan fingerprint density at radius 3 is 2.71 bits per heavy atom. The topological polar surface area (TPSA) is 89.7 Å². The number of hydrogen-bond donors (Lipinski definition) is 1. The quantitative estimate of drug-likeness (QED) is 0.647. The Kier molecular flexibility index (Phi) is 3.06. The fourth-order valence-corrected chi connectivity index (χ4v) is 2.50. The third-order valence-electron chi connectivity index (χ3n) is 3.38. The minimum atomic E-state index is -0.982. The van der Waals surface area contributed by atoms with Crippen LogP contribution in [-0.2, 0) is 9.53 Å². The molecule has 0 aromatic heterocycles. The molecule has 1 aromatic carbocycles. The fraction of sp³-hybridized carbons (Fsp3) is 0.133. The molecule has 1 aromatic rings. The van der Waals surface area contributed by atoms with E-state index in [1.807, 2.05) is 12.1 Å². The van der Waals surface area contributed by atoms with E-state index in [0.29, 0.717) is 16.6 Å². The third-order valence-corrected chi connectivity index (χ3v) is 3.38. The molecule has 0 saturated carbocycles. The number of ether oxygens (including phenoxy) is 1. The number of hydrogen-bond acceptors (Lipinski definition) is 4. The van der Waals surface area contributed by atoms with Crippen LogP contribution < -0.4 is 10.4 Å². The van der Waals surface area contributed by atoms with Gasteiger partial charge in [-0.25, -0.2) is 0 Å². The normalized spacial score (nSPS) is 19.2. The molecule has 1 N–H and O–H groups in total. The van der Waals surface area contributed by atoms with E-state index in [0.717, 1.165) is 5.22 Å². The first-order valence-electron chi connectivity index (χ1n) is 6.31.